The molecule has 3 heteroatoms. The summed E-state index contributed by atoms with van der Waals surface area (Å²) in [5, 5.41) is 9.54. The third kappa shape index (κ3) is 1.83. The molecule has 19 heavy (non-hydrogen) atoms. The summed E-state index contributed by atoms with van der Waals surface area (Å²) in [5.41, 5.74) is 0.914. The number of rotatable bonds is 3. The van der Waals surface area contributed by atoms with E-state index in [0.717, 1.165) is 44.3 Å². The van der Waals surface area contributed by atoms with E-state index in [1.807, 2.05) is 12.1 Å². The lowest BCUT2D eigenvalue weighted by atomic mass is 9.66. The zero-order chi connectivity index (χ0) is 13.5. The Morgan fingerprint density at radius 1 is 1.16 bits per heavy atom. The molecule has 1 N–H and O–H groups in total. The first-order chi connectivity index (χ1) is 9.10. The molecule has 1 aromatic carbocycles. The number of aliphatic carboxylic acids is 1. The van der Waals surface area contributed by atoms with E-state index < -0.39 is 11.4 Å². The van der Waals surface area contributed by atoms with Crippen molar-refractivity contribution in [1.29, 1.82) is 0 Å². The van der Waals surface area contributed by atoms with Crippen LogP contribution in [0.3, 0.4) is 0 Å². The number of carboxylic acids is 1. The van der Waals surface area contributed by atoms with Gasteiger partial charge in [0.15, 0.2) is 0 Å². The van der Waals surface area contributed by atoms with E-state index in [9.17, 15) is 9.90 Å². The first kappa shape index (κ1) is 12.5. The maximum Gasteiger partial charge on any atom is 0.309 e. The standard InChI is InChI=1S/C16H20O3/c1-19-13-5-3-12(4-6-13)15-7-2-8-16(11-15,10-9-15)14(17)18/h3-6H,2,7-11H2,1H3,(H,17,18). The number of benzene rings is 1. The van der Waals surface area contributed by atoms with Crippen molar-refractivity contribution in [2.24, 2.45) is 5.41 Å². The minimum Gasteiger partial charge on any atom is -0.497 e. The van der Waals surface area contributed by atoms with Crippen molar-refractivity contribution in [1.82, 2.24) is 0 Å². The van der Waals surface area contributed by atoms with E-state index >= 15 is 0 Å². The molecule has 3 rings (SSSR count). The van der Waals surface area contributed by atoms with E-state index in [4.69, 9.17) is 4.74 Å². The Balaban J connectivity index is 1.93. The molecule has 2 bridgehead atoms. The first-order valence-corrected chi connectivity index (χ1v) is 6.98. The van der Waals surface area contributed by atoms with Gasteiger partial charge in [-0.1, -0.05) is 18.6 Å². The van der Waals surface area contributed by atoms with Gasteiger partial charge < -0.3 is 9.84 Å². The van der Waals surface area contributed by atoms with Crippen LogP contribution in [0.5, 0.6) is 5.75 Å². The van der Waals surface area contributed by atoms with Gasteiger partial charge in [-0.2, -0.15) is 0 Å². The summed E-state index contributed by atoms with van der Waals surface area (Å²) in [5.74, 6) is 0.265. The Bertz CT molecular complexity index is 493. The van der Waals surface area contributed by atoms with E-state index in [1.165, 1.54) is 5.56 Å². The van der Waals surface area contributed by atoms with Crippen LogP contribution in [0.15, 0.2) is 24.3 Å². The van der Waals surface area contributed by atoms with Crippen molar-refractivity contribution in [2.45, 2.75) is 43.9 Å². The SMILES string of the molecule is COc1ccc(C23CCCC(C(=O)O)(CC2)C3)cc1. The molecule has 0 heterocycles. The van der Waals surface area contributed by atoms with Crippen molar-refractivity contribution < 1.29 is 14.6 Å². The van der Waals surface area contributed by atoms with Crippen LogP contribution >= 0.6 is 0 Å². The second-order valence-corrected chi connectivity index (χ2v) is 6.12. The van der Waals surface area contributed by atoms with Crippen LogP contribution in [0.2, 0.25) is 0 Å². The van der Waals surface area contributed by atoms with Crippen molar-refractivity contribution in [3.05, 3.63) is 29.8 Å². The van der Waals surface area contributed by atoms with Crippen molar-refractivity contribution >= 4 is 5.97 Å². The molecule has 102 valence electrons. The Labute approximate surface area is 113 Å². The van der Waals surface area contributed by atoms with Crippen LogP contribution in [-0.2, 0) is 10.2 Å². The Hall–Kier alpha value is -1.51. The fourth-order valence-corrected chi connectivity index (χ4v) is 4.12. The highest BCUT2D eigenvalue weighted by Gasteiger charge is 2.55. The van der Waals surface area contributed by atoms with E-state index in [0.29, 0.717) is 0 Å². The molecule has 2 aliphatic carbocycles. The lowest BCUT2D eigenvalue weighted by Gasteiger charge is -2.37. The highest BCUT2D eigenvalue weighted by Crippen LogP contribution is 2.59. The minimum absolute atomic E-state index is 0.0862. The third-order valence-corrected chi connectivity index (χ3v) is 5.23. The summed E-state index contributed by atoms with van der Waals surface area (Å²) in [6.45, 7) is 0. The highest BCUT2D eigenvalue weighted by molar-refractivity contribution is 5.76. The molecule has 0 aromatic heterocycles. The number of fused-ring (bicyclic) bond motifs is 2. The lowest BCUT2D eigenvalue weighted by molar-refractivity contribution is -0.150. The molecule has 3 nitrogen and oxygen atoms in total. The number of carboxylic acid groups (broad SMARTS) is 1. The smallest absolute Gasteiger partial charge is 0.309 e. The molecule has 0 radical (unpaired) electrons. The second kappa shape index (κ2) is 4.26. The number of hydrogen-bond acceptors (Lipinski definition) is 2. The van der Waals surface area contributed by atoms with Crippen molar-refractivity contribution in [3.8, 4) is 5.75 Å². The number of methoxy groups -OCH3 is 1. The van der Waals surface area contributed by atoms with Crippen LogP contribution in [0.4, 0.5) is 0 Å². The summed E-state index contributed by atoms with van der Waals surface area (Å²) in [6, 6.07) is 8.20. The first-order valence-electron chi connectivity index (χ1n) is 6.98. The van der Waals surface area contributed by atoms with Crippen molar-refractivity contribution in [3.63, 3.8) is 0 Å². The summed E-state index contributed by atoms with van der Waals surface area (Å²) in [4.78, 5) is 11.6. The largest absolute Gasteiger partial charge is 0.497 e. The van der Waals surface area contributed by atoms with Gasteiger partial charge in [0.25, 0.3) is 0 Å². The van der Waals surface area contributed by atoms with Gasteiger partial charge in [-0.05, 0) is 55.2 Å². The normalized spacial score (nSPS) is 33.1. The van der Waals surface area contributed by atoms with Crippen LogP contribution in [-0.4, -0.2) is 18.2 Å². The maximum absolute atomic E-state index is 11.6. The van der Waals surface area contributed by atoms with E-state index in [-0.39, 0.29) is 5.41 Å². The molecule has 0 spiro atoms. The fraction of sp³-hybridized carbons (Fsp3) is 0.562. The third-order valence-electron chi connectivity index (χ3n) is 5.23. The van der Waals surface area contributed by atoms with Gasteiger partial charge in [0.1, 0.15) is 5.75 Å². The predicted molar refractivity (Wildman–Crippen MR) is 72.4 cm³/mol. The van der Waals surface area contributed by atoms with Crippen LogP contribution in [0, 0.1) is 5.41 Å². The van der Waals surface area contributed by atoms with Crippen LogP contribution < -0.4 is 4.74 Å². The highest BCUT2D eigenvalue weighted by atomic mass is 16.5. The van der Waals surface area contributed by atoms with Gasteiger partial charge in [0.2, 0.25) is 0 Å². The second-order valence-electron chi connectivity index (χ2n) is 6.12. The van der Waals surface area contributed by atoms with Gasteiger partial charge in [-0.15, -0.1) is 0 Å². The molecular weight excluding hydrogens is 240 g/mol. The van der Waals surface area contributed by atoms with Crippen LogP contribution in [0.1, 0.15) is 44.1 Å². The average Bonchev–Trinajstić information content (AvgIpc) is 2.73. The lowest BCUT2D eigenvalue weighted by Crippen LogP contribution is -2.36. The fourth-order valence-electron chi connectivity index (χ4n) is 4.12. The zero-order valence-electron chi connectivity index (χ0n) is 11.3. The maximum atomic E-state index is 11.6. The summed E-state index contributed by atoms with van der Waals surface area (Å²) >= 11 is 0. The molecule has 2 fully saturated rings. The van der Waals surface area contributed by atoms with Gasteiger partial charge in [0, 0.05) is 0 Å². The molecular formula is C16H20O3. The molecule has 0 amide bonds. The van der Waals surface area contributed by atoms with Gasteiger partial charge >= 0.3 is 5.97 Å². The quantitative estimate of drug-likeness (QED) is 0.906. The molecule has 0 saturated heterocycles. The zero-order valence-corrected chi connectivity index (χ0v) is 11.3. The summed E-state index contributed by atoms with van der Waals surface area (Å²) in [6.07, 6.45) is 5.63. The molecule has 1 aromatic rings. The molecule has 2 atom stereocenters. The van der Waals surface area contributed by atoms with Gasteiger partial charge in [-0.25, -0.2) is 0 Å². The van der Waals surface area contributed by atoms with Crippen molar-refractivity contribution in [2.75, 3.05) is 7.11 Å². The number of carbonyl (C=O) groups is 1. The van der Waals surface area contributed by atoms with E-state index in [2.05, 4.69) is 12.1 Å². The topological polar surface area (TPSA) is 46.5 Å². The average molecular weight is 260 g/mol. The van der Waals surface area contributed by atoms with Crippen LogP contribution in [0.25, 0.3) is 0 Å². The molecule has 0 aliphatic heterocycles. The Morgan fingerprint density at radius 2 is 1.89 bits per heavy atom. The molecule has 2 saturated carbocycles. The summed E-state index contributed by atoms with van der Waals surface area (Å²) in [7, 11) is 1.67. The Kier molecular flexibility index (Phi) is 2.80. The molecule has 2 unspecified atom stereocenters. The predicted octanol–water partition coefficient (Wildman–Crippen LogP) is 3.37. The number of hydrogen-bond donors (Lipinski definition) is 1. The summed E-state index contributed by atoms with van der Waals surface area (Å²) < 4.78 is 5.20. The number of ether oxygens (including phenoxy) is 1. The van der Waals surface area contributed by atoms with Gasteiger partial charge in [0.05, 0.1) is 12.5 Å². The van der Waals surface area contributed by atoms with E-state index in [1.54, 1.807) is 7.11 Å². The Morgan fingerprint density at radius 3 is 2.53 bits per heavy atom. The monoisotopic (exact) mass is 260 g/mol. The molecule has 2 aliphatic rings. The minimum atomic E-state index is -0.595. The van der Waals surface area contributed by atoms with Gasteiger partial charge in [-0.3, -0.25) is 4.79 Å².